The van der Waals surface area contributed by atoms with E-state index in [0.29, 0.717) is 5.69 Å². The van der Waals surface area contributed by atoms with E-state index in [1.807, 2.05) is 29.6 Å². The number of ether oxygens (including phenoxy) is 2. The van der Waals surface area contributed by atoms with E-state index in [0.717, 1.165) is 46.9 Å². The third-order valence-corrected chi connectivity index (χ3v) is 6.77. The molecule has 1 saturated carbocycles. The van der Waals surface area contributed by atoms with Crippen LogP contribution in [0.1, 0.15) is 38.3 Å². The lowest BCUT2D eigenvalue weighted by Gasteiger charge is -2.21. The van der Waals surface area contributed by atoms with Crippen molar-refractivity contribution in [1.29, 1.82) is 0 Å². The number of thiazole rings is 1. The summed E-state index contributed by atoms with van der Waals surface area (Å²) in [6.45, 7) is 1.55. The largest absolute Gasteiger partial charge is 0.497 e. The Balaban J connectivity index is 1.38. The fourth-order valence-electron chi connectivity index (χ4n) is 4.20. The van der Waals surface area contributed by atoms with Crippen molar-refractivity contribution in [2.75, 3.05) is 7.11 Å². The second-order valence-corrected chi connectivity index (χ2v) is 8.56. The lowest BCUT2D eigenvalue weighted by Crippen LogP contribution is -2.44. The Morgan fingerprint density at radius 1 is 1.23 bits per heavy atom. The maximum Gasteiger partial charge on any atom is 0.329 e. The van der Waals surface area contributed by atoms with Crippen LogP contribution in [0.5, 0.6) is 5.75 Å². The van der Waals surface area contributed by atoms with Gasteiger partial charge in [-0.1, -0.05) is 25.0 Å². The first kappa shape index (κ1) is 20.5. The summed E-state index contributed by atoms with van der Waals surface area (Å²) in [5.74, 6) is -0.863. The van der Waals surface area contributed by atoms with Crippen LogP contribution in [0, 0.1) is 11.8 Å². The number of fused-ring (bicyclic) bond motifs is 1. The molecule has 3 atom stereocenters. The molecule has 4 rings (SSSR count). The maximum absolute atomic E-state index is 12.7. The van der Waals surface area contributed by atoms with Gasteiger partial charge in [0.2, 0.25) is 11.8 Å². The van der Waals surface area contributed by atoms with E-state index in [2.05, 4.69) is 4.98 Å². The van der Waals surface area contributed by atoms with Crippen LogP contribution in [0.2, 0.25) is 0 Å². The molecule has 0 radical (unpaired) electrons. The molecule has 2 aliphatic rings. The number of rotatable bonds is 6. The highest BCUT2D eigenvalue weighted by atomic mass is 32.1. The van der Waals surface area contributed by atoms with Crippen molar-refractivity contribution in [3.8, 4) is 16.3 Å². The van der Waals surface area contributed by atoms with Crippen molar-refractivity contribution in [2.45, 2.75) is 45.3 Å². The summed E-state index contributed by atoms with van der Waals surface area (Å²) in [5, 5.41) is 2.62. The average molecular weight is 429 g/mol. The molecule has 2 amide bonds. The van der Waals surface area contributed by atoms with E-state index < -0.39 is 12.0 Å². The molecule has 7 nitrogen and oxygen atoms in total. The molecular formula is C22H24N2O5S. The van der Waals surface area contributed by atoms with E-state index in [1.165, 1.54) is 11.3 Å². The number of methoxy groups -OCH3 is 1. The number of nitrogens with zero attached hydrogens (tertiary/aromatic N) is 2. The number of amides is 2. The first-order valence-corrected chi connectivity index (χ1v) is 11.0. The number of hydrogen-bond acceptors (Lipinski definition) is 7. The smallest absolute Gasteiger partial charge is 0.329 e. The Morgan fingerprint density at radius 2 is 1.93 bits per heavy atom. The van der Waals surface area contributed by atoms with Crippen LogP contribution in [0.3, 0.4) is 0 Å². The van der Waals surface area contributed by atoms with Crippen LogP contribution >= 0.6 is 11.3 Å². The molecular weight excluding hydrogens is 404 g/mol. The normalized spacial score (nSPS) is 22.0. The van der Waals surface area contributed by atoms with Gasteiger partial charge in [0.05, 0.1) is 24.6 Å². The summed E-state index contributed by atoms with van der Waals surface area (Å²) in [6.07, 6.45) is 3.34. The Hall–Kier alpha value is -2.74. The van der Waals surface area contributed by atoms with Crippen molar-refractivity contribution in [1.82, 2.24) is 9.88 Å². The molecule has 158 valence electrons. The predicted molar refractivity (Wildman–Crippen MR) is 111 cm³/mol. The lowest BCUT2D eigenvalue weighted by atomic mass is 9.81. The minimum absolute atomic E-state index is 0.00722. The second-order valence-electron chi connectivity index (χ2n) is 7.70. The summed E-state index contributed by atoms with van der Waals surface area (Å²) in [4.78, 5) is 43.5. The standard InChI is InChI=1S/C22H24N2O5S/c1-13(24-20(25)17-8-3-4-9-18(17)21(24)26)22(27)29-11-15-12-30-19(23-15)14-6-5-7-16(10-14)28-2/h5-7,10,12-13,17-18H,3-4,8-9,11H2,1-2H3. The van der Waals surface area contributed by atoms with Gasteiger partial charge in [0.25, 0.3) is 0 Å². The molecule has 0 spiro atoms. The molecule has 2 aromatic rings. The van der Waals surface area contributed by atoms with E-state index in [-0.39, 0.29) is 30.3 Å². The maximum atomic E-state index is 12.7. The monoisotopic (exact) mass is 428 g/mol. The van der Waals surface area contributed by atoms with Gasteiger partial charge in [-0.2, -0.15) is 0 Å². The van der Waals surface area contributed by atoms with Crippen LogP contribution in [0.15, 0.2) is 29.6 Å². The van der Waals surface area contributed by atoms with Crippen molar-refractivity contribution in [3.63, 3.8) is 0 Å². The third kappa shape index (κ3) is 3.84. The second kappa shape index (κ2) is 8.55. The zero-order valence-electron chi connectivity index (χ0n) is 17.0. The van der Waals surface area contributed by atoms with E-state index in [4.69, 9.17) is 9.47 Å². The van der Waals surface area contributed by atoms with E-state index in [1.54, 1.807) is 14.0 Å². The fraction of sp³-hybridized carbons (Fsp3) is 0.455. The fourth-order valence-corrected chi connectivity index (χ4v) is 5.00. The Labute approximate surface area is 179 Å². The predicted octanol–water partition coefficient (Wildman–Crippen LogP) is 3.43. The highest BCUT2D eigenvalue weighted by molar-refractivity contribution is 7.13. The van der Waals surface area contributed by atoms with Gasteiger partial charge >= 0.3 is 5.97 Å². The van der Waals surface area contributed by atoms with Gasteiger partial charge in [-0.3, -0.25) is 14.5 Å². The van der Waals surface area contributed by atoms with Crippen LogP contribution in [0.25, 0.3) is 10.6 Å². The van der Waals surface area contributed by atoms with Gasteiger partial charge in [-0.25, -0.2) is 9.78 Å². The number of benzene rings is 1. The van der Waals surface area contributed by atoms with Crippen molar-refractivity contribution in [2.24, 2.45) is 11.8 Å². The molecule has 1 aromatic carbocycles. The lowest BCUT2D eigenvalue weighted by molar-refractivity contribution is -0.159. The highest BCUT2D eigenvalue weighted by Gasteiger charge is 2.51. The third-order valence-electron chi connectivity index (χ3n) is 5.83. The molecule has 30 heavy (non-hydrogen) atoms. The zero-order chi connectivity index (χ0) is 21.3. The molecule has 2 fully saturated rings. The van der Waals surface area contributed by atoms with Crippen LogP contribution in [-0.2, 0) is 25.7 Å². The molecule has 2 heterocycles. The van der Waals surface area contributed by atoms with Gasteiger partial charge in [-0.05, 0) is 31.9 Å². The first-order chi connectivity index (χ1) is 14.5. The summed E-state index contributed by atoms with van der Waals surface area (Å²) < 4.78 is 10.6. The zero-order valence-corrected chi connectivity index (χ0v) is 17.8. The number of esters is 1. The van der Waals surface area contributed by atoms with Crippen LogP contribution < -0.4 is 4.74 Å². The molecule has 3 unspecified atom stereocenters. The van der Waals surface area contributed by atoms with Crippen molar-refractivity contribution < 1.29 is 23.9 Å². The minimum atomic E-state index is -0.924. The van der Waals surface area contributed by atoms with E-state index in [9.17, 15) is 14.4 Å². The number of likely N-dealkylation sites (tertiary alicyclic amines) is 1. The molecule has 1 aliphatic carbocycles. The Bertz CT molecular complexity index is 948. The molecule has 1 saturated heterocycles. The molecule has 1 aromatic heterocycles. The SMILES string of the molecule is COc1cccc(-c2nc(COC(=O)C(C)N3C(=O)C4CCCCC4C3=O)cs2)c1. The average Bonchev–Trinajstić information content (AvgIpc) is 3.35. The van der Waals surface area contributed by atoms with Gasteiger partial charge in [0, 0.05) is 10.9 Å². The van der Waals surface area contributed by atoms with Crippen molar-refractivity contribution in [3.05, 3.63) is 35.3 Å². The number of imide groups is 1. The summed E-state index contributed by atoms with van der Waals surface area (Å²) in [7, 11) is 1.61. The summed E-state index contributed by atoms with van der Waals surface area (Å²) in [6, 6.07) is 6.65. The van der Waals surface area contributed by atoms with Gasteiger partial charge in [-0.15, -0.1) is 11.3 Å². The summed E-state index contributed by atoms with van der Waals surface area (Å²) in [5.41, 5.74) is 1.53. The number of carbonyl (C=O) groups excluding carboxylic acids is 3. The van der Waals surface area contributed by atoms with Crippen molar-refractivity contribution >= 4 is 29.1 Å². The van der Waals surface area contributed by atoms with Crippen LogP contribution in [-0.4, -0.2) is 40.8 Å². The highest BCUT2D eigenvalue weighted by Crippen LogP contribution is 2.39. The number of aromatic nitrogens is 1. The topological polar surface area (TPSA) is 85.8 Å². The molecule has 0 bridgehead atoms. The molecule has 8 heteroatoms. The minimum Gasteiger partial charge on any atom is -0.497 e. The Morgan fingerprint density at radius 3 is 2.60 bits per heavy atom. The number of hydrogen-bond donors (Lipinski definition) is 0. The van der Waals surface area contributed by atoms with Crippen LogP contribution in [0.4, 0.5) is 0 Å². The van der Waals surface area contributed by atoms with E-state index >= 15 is 0 Å². The quantitative estimate of drug-likeness (QED) is 0.518. The first-order valence-electron chi connectivity index (χ1n) is 10.1. The number of carbonyl (C=O) groups is 3. The van der Waals surface area contributed by atoms with Gasteiger partial charge < -0.3 is 9.47 Å². The molecule has 1 aliphatic heterocycles. The molecule has 0 N–H and O–H groups in total. The van der Waals surface area contributed by atoms with Gasteiger partial charge in [0.1, 0.15) is 23.4 Å². The summed E-state index contributed by atoms with van der Waals surface area (Å²) >= 11 is 1.44. The van der Waals surface area contributed by atoms with Gasteiger partial charge in [0.15, 0.2) is 0 Å². The Kier molecular flexibility index (Phi) is 5.85.